The molecule has 41 heavy (non-hydrogen) atoms. The van der Waals surface area contributed by atoms with Crippen molar-refractivity contribution in [1.29, 1.82) is 0 Å². The normalized spacial score (nSPS) is 17.0. The van der Waals surface area contributed by atoms with E-state index in [0.29, 0.717) is 12.6 Å². The van der Waals surface area contributed by atoms with E-state index in [-0.39, 0.29) is 63.4 Å². The largest absolute Gasteiger partial charge is 0.495 e. The predicted octanol–water partition coefficient (Wildman–Crippen LogP) is 5.56. The van der Waals surface area contributed by atoms with Crippen molar-refractivity contribution in [2.45, 2.75) is 38.4 Å². The number of methoxy groups -OCH3 is 1. The van der Waals surface area contributed by atoms with E-state index in [1.54, 1.807) is 6.07 Å². The molecule has 2 N–H and O–H groups in total. The smallest absolute Gasteiger partial charge is 0.423 e. The molecular formula is C28H27ClF3N5O4. The van der Waals surface area contributed by atoms with Crippen LogP contribution in [0.3, 0.4) is 0 Å². The van der Waals surface area contributed by atoms with Crippen LogP contribution in [0.25, 0.3) is 0 Å². The van der Waals surface area contributed by atoms with Gasteiger partial charge in [-0.1, -0.05) is 17.7 Å². The zero-order valence-electron chi connectivity index (χ0n) is 22.5. The zero-order valence-corrected chi connectivity index (χ0v) is 23.2. The van der Waals surface area contributed by atoms with E-state index in [0.717, 1.165) is 30.6 Å². The van der Waals surface area contributed by atoms with Crippen molar-refractivity contribution in [3.63, 3.8) is 0 Å². The number of anilines is 2. The fourth-order valence-corrected chi connectivity index (χ4v) is 5.29. The standard InChI is InChI=1S/C28H27ClF3N5O4/c1-14-4-7-22(24-16(14)5-6-21(24)38)41-26-18(28(30,31)32)12-33-27(36-26)35-20-11-19(29)17(10-23(20)40-3)25(39)34-15-8-9-37(2)13-15/h4,7,10-12,15H,5-6,8-9,13H2,1-3H3,(H,34,39)(H,33,35,36). The molecule has 13 heteroatoms. The maximum Gasteiger partial charge on any atom is 0.423 e. The minimum Gasteiger partial charge on any atom is -0.495 e. The number of carbonyl (C=O) groups excluding carboxylic acids is 2. The Morgan fingerprint density at radius 1 is 1.20 bits per heavy atom. The number of likely N-dealkylation sites (N-methyl/N-ethyl adjacent to an activating group) is 1. The second-order valence-electron chi connectivity index (χ2n) is 10.0. The van der Waals surface area contributed by atoms with Crippen molar-refractivity contribution in [2.75, 3.05) is 32.6 Å². The van der Waals surface area contributed by atoms with Gasteiger partial charge < -0.3 is 25.0 Å². The first-order valence-electron chi connectivity index (χ1n) is 12.9. The lowest BCUT2D eigenvalue weighted by Crippen LogP contribution is -2.36. The molecule has 1 aliphatic heterocycles. The lowest BCUT2D eigenvalue weighted by atomic mass is 10.0. The van der Waals surface area contributed by atoms with Gasteiger partial charge in [-0.2, -0.15) is 18.2 Å². The lowest BCUT2D eigenvalue weighted by Gasteiger charge is -2.17. The molecule has 1 aliphatic carbocycles. The summed E-state index contributed by atoms with van der Waals surface area (Å²) in [6.07, 6.45) is -2.67. The number of aromatic nitrogens is 2. The first-order valence-corrected chi connectivity index (χ1v) is 13.2. The van der Waals surface area contributed by atoms with Gasteiger partial charge in [-0.15, -0.1) is 0 Å². The molecule has 1 amide bonds. The molecule has 2 aliphatic rings. The fraction of sp³-hybridized carbons (Fsp3) is 0.357. The van der Waals surface area contributed by atoms with Crippen LogP contribution in [-0.4, -0.2) is 59.8 Å². The van der Waals surface area contributed by atoms with E-state index in [4.69, 9.17) is 21.1 Å². The number of ketones is 1. The van der Waals surface area contributed by atoms with E-state index >= 15 is 0 Å². The maximum absolute atomic E-state index is 13.9. The molecule has 0 bridgehead atoms. The molecule has 2 aromatic carbocycles. The van der Waals surface area contributed by atoms with Crippen LogP contribution in [0.1, 0.15) is 50.2 Å². The van der Waals surface area contributed by atoms with E-state index in [1.165, 1.54) is 25.3 Å². The summed E-state index contributed by atoms with van der Waals surface area (Å²) >= 11 is 6.42. The number of benzene rings is 2. The lowest BCUT2D eigenvalue weighted by molar-refractivity contribution is -0.139. The third-order valence-electron chi connectivity index (χ3n) is 7.16. The number of halogens is 4. The Balaban J connectivity index is 1.45. The molecule has 2 heterocycles. The van der Waals surface area contributed by atoms with E-state index in [1.807, 2.05) is 14.0 Å². The van der Waals surface area contributed by atoms with Crippen molar-refractivity contribution in [1.82, 2.24) is 20.2 Å². The van der Waals surface area contributed by atoms with Crippen LogP contribution in [0.15, 0.2) is 30.5 Å². The fourth-order valence-electron chi connectivity index (χ4n) is 5.04. The first kappa shape index (κ1) is 28.6. The number of fused-ring (bicyclic) bond motifs is 1. The van der Waals surface area contributed by atoms with Gasteiger partial charge in [0, 0.05) is 25.2 Å². The molecule has 216 valence electrons. The highest BCUT2D eigenvalue weighted by atomic mass is 35.5. The number of nitrogens with zero attached hydrogens (tertiary/aromatic N) is 3. The van der Waals surface area contributed by atoms with Crippen LogP contribution in [0.5, 0.6) is 17.4 Å². The molecule has 1 fully saturated rings. The van der Waals surface area contributed by atoms with Crippen LogP contribution in [-0.2, 0) is 12.6 Å². The number of nitrogens with one attached hydrogen (secondary N) is 2. The highest BCUT2D eigenvalue weighted by Crippen LogP contribution is 2.41. The summed E-state index contributed by atoms with van der Waals surface area (Å²) in [4.78, 5) is 35.3. The summed E-state index contributed by atoms with van der Waals surface area (Å²) in [6, 6.07) is 5.97. The quantitative estimate of drug-likeness (QED) is 0.369. The number of hydrogen-bond donors (Lipinski definition) is 2. The third kappa shape index (κ3) is 5.94. The SMILES string of the molecule is COc1cc(C(=O)NC2CCN(C)C2)c(Cl)cc1Nc1ncc(C(F)(F)F)c(Oc2ccc(C)c3c2C(=O)CC3)n1. The van der Waals surface area contributed by atoms with Gasteiger partial charge >= 0.3 is 6.18 Å². The van der Waals surface area contributed by atoms with Crippen molar-refractivity contribution < 1.29 is 32.2 Å². The molecule has 3 aromatic rings. The summed E-state index contributed by atoms with van der Waals surface area (Å²) < 4.78 is 52.6. The van der Waals surface area contributed by atoms with E-state index in [9.17, 15) is 22.8 Å². The number of ether oxygens (including phenoxy) is 2. The molecule has 1 unspecified atom stereocenters. The minimum atomic E-state index is -4.82. The Hall–Kier alpha value is -3.90. The van der Waals surface area contributed by atoms with Crippen molar-refractivity contribution in [3.8, 4) is 17.4 Å². The number of Topliss-reactive ketones (excluding diaryl/α,β-unsaturated/α-hetero) is 1. The van der Waals surface area contributed by atoms with Crippen molar-refractivity contribution in [3.05, 3.63) is 63.3 Å². The van der Waals surface area contributed by atoms with Gasteiger partial charge in [0.05, 0.1) is 28.9 Å². The Bertz CT molecular complexity index is 1530. The highest BCUT2D eigenvalue weighted by Gasteiger charge is 2.37. The topological polar surface area (TPSA) is 106 Å². The second-order valence-corrected chi connectivity index (χ2v) is 10.5. The van der Waals surface area contributed by atoms with Crippen LogP contribution in [0.2, 0.25) is 5.02 Å². The van der Waals surface area contributed by atoms with Crippen LogP contribution >= 0.6 is 11.6 Å². The first-order chi connectivity index (χ1) is 19.4. The molecule has 1 atom stereocenters. The van der Waals surface area contributed by atoms with Gasteiger partial charge in [0.1, 0.15) is 17.1 Å². The molecular weight excluding hydrogens is 563 g/mol. The van der Waals surface area contributed by atoms with Gasteiger partial charge in [-0.25, -0.2) is 4.98 Å². The van der Waals surface area contributed by atoms with Crippen LogP contribution in [0, 0.1) is 6.92 Å². The van der Waals surface area contributed by atoms with Crippen molar-refractivity contribution >= 4 is 34.9 Å². The molecule has 0 saturated carbocycles. The number of alkyl halides is 3. The Morgan fingerprint density at radius 2 is 1.98 bits per heavy atom. The number of likely N-dealkylation sites (tertiary alicyclic amines) is 1. The number of hydrogen-bond acceptors (Lipinski definition) is 8. The summed E-state index contributed by atoms with van der Waals surface area (Å²) in [7, 11) is 3.34. The predicted molar refractivity (Wildman–Crippen MR) is 146 cm³/mol. The Labute approximate surface area is 239 Å². The van der Waals surface area contributed by atoms with Gasteiger partial charge in [0.15, 0.2) is 5.78 Å². The molecule has 1 saturated heterocycles. The van der Waals surface area contributed by atoms with Crippen molar-refractivity contribution in [2.24, 2.45) is 0 Å². The summed E-state index contributed by atoms with van der Waals surface area (Å²) in [6.45, 7) is 3.41. The number of rotatable bonds is 7. The van der Waals surface area contributed by atoms with E-state index < -0.39 is 17.6 Å². The van der Waals surface area contributed by atoms with Gasteiger partial charge in [0.25, 0.3) is 5.91 Å². The average molecular weight is 590 g/mol. The molecule has 1 aromatic heterocycles. The van der Waals surface area contributed by atoms with Gasteiger partial charge in [-0.3, -0.25) is 9.59 Å². The average Bonchev–Trinajstić information content (AvgIpc) is 3.50. The van der Waals surface area contributed by atoms with Crippen LogP contribution in [0.4, 0.5) is 24.8 Å². The molecule has 0 radical (unpaired) electrons. The number of aryl methyl sites for hydroxylation is 1. The van der Waals surface area contributed by atoms with Crippen LogP contribution < -0.4 is 20.1 Å². The number of amides is 1. The monoisotopic (exact) mass is 589 g/mol. The summed E-state index contributed by atoms with van der Waals surface area (Å²) in [5, 5.41) is 5.84. The number of carbonyl (C=O) groups is 2. The zero-order chi connectivity index (χ0) is 29.5. The summed E-state index contributed by atoms with van der Waals surface area (Å²) in [5.41, 5.74) is 1.05. The van der Waals surface area contributed by atoms with Gasteiger partial charge in [-0.05, 0) is 62.7 Å². The molecule has 5 rings (SSSR count). The molecule has 0 spiro atoms. The van der Waals surface area contributed by atoms with Gasteiger partial charge in [0.2, 0.25) is 11.8 Å². The Kier molecular flexibility index (Phi) is 7.80. The third-order valence-corrected chi connectivity index (χ3v) is 7.48. The highest BCUT2D eigenvalue weighted by molar-refractivity contribution is 6.34. The Morgan fingerprint density at radius 3 is 2.66 bits per heavy atom. The van der Waals surface area contributed by atoms with E-state index in [2.05, 4.69) is 25.5 Å². The minimum absolute atomic E-state index is 0.00676. The summed E-state index contributed by atoms with van der Waals surface area (Å²) in [5.74, 6) is -1.42. The second kappa shape index (κ2) is 11.2. The molecule has 9 nitrogen and oxygen atoms in total. The maximum atomic E-state index is 13.9.